The molecule has 2 N–H and O–H groups in total. The molecule has 164 valence electrons. The third-order valence-electron chi connectivity index (χ3n) is 5.50. The van der Waals surface area contributed by atoms with Crippen molar-refractivity contribution in [3.05, 3.63) is 74.3 Å². The number of phenolic OH excluding ortho intramolecular Hbond substituents is 1. The van der Waals surface area contributed by atoms with Gasteiger partial charge in [-0.3, -0.25) is 9.89 Å². The summed E-state index contributed by atoms with van der Waals surface area (Å²) in [5.74, 6) is -0.430. The summed E-state index contributed by atoms with van der Waals surface area (Å²) >= 11 is 12.2. The van der Waals surface area contributed by atoms with E-state index >= 15 is 0 Å². The van der Waals surface area contributed by atoms with Crippen LogP contribution in [0.15, 0.2) is 47.4 Å². The lowest BCUT2D eigenvalue weighted by Gasteiger charge is -2.10. The normalized spacial score (nSPS) is 14.3. The molecule has 4 aromatic rings. The molecule has 2 aromatic heterocycles. The summed E-state index contributed by atoms with van der Waals surface area (Å²) in [7, 11) is 0. The van der Waals surface area contributed by atoms with Gasteiger partial charge in [0.15, 0.2) is 5.65 Å². The second-order valence-electron chi connectivity index (χ2n) is 7.67. The van der Waals surface area contributed by atoms with E-state index in [1.165, 1.54) is 10.7 Å². The molecule has 1 saturated carbocycles. The Balaban J connectivity index is 1.70. The number of H-pyrrole nitrogens is 1. The predicted molar refractivity (Wildman–Crippen MR) is 115 cm³/mol. The number of alkyl halides is 3. The number of hydrogen-bond donors (Lipinski definition) is 2. The number of benzene rings is 2. The van der Waals surface area contributed by atoms with E-state index in [4.69, 9.17) is 23.2 Å². The average Bonchev–Trinajstić information content (AvgIpc) is 3.50. The Hall–Kier alpha value is -2.97. The van der Waals surface area contributed by atoms with E-state index in [2.05, 4.69) is 10.1 Å². The fourth-order valence-corrected chi connectivity index (χ4v) is 4.05. The van der Waals surface area contributed by atoms with E-state index < -0.39 is 23.0 Å². The number of nitrogens with zero attached hydrogens (tertiary/aromatic N) is 2. The molecule has 1 aliphatic rings. The maximum absolute atomic E-state index is 13.2. The molecular weight excluding hydrogens is 466 g/mol. The summed E-state index contributed by atoms with van der Waals surface area (Å²) in [6, 6.07) is 7.61. The average molecular weight is 480 g/mol. The molecule has 5 nitrogen and oxygen atoms in total. The fourth-order valence-electron chi connectivity index (χ4n) is 3.76. The Morgan fingerprint density at radius 2 is 1.81 bits per heavy atom. The summed E-state index contributed by atoms with van der Waals surface area (Å²) in [5, 5.41) is 14.0. The minimum Gasteiger partial charge on any atom is -0.507 e. The molecule has 2 aromatic carbocycles. The molecule has 1 fully saturated rings. The molecule has 0 saturated heterocycles. The summed E-state index contributed by atoms with van der Waals surface area (Å²) in [6.45, 7) is 0. The van der Waals surface area contributed by atoms with Crippen molar-refractivity contribution in [3.63, 3.8) is 0 Å². The molecule has 0 bridgehead atoms. The Bertz CT molecular complexity index is 1440. The number of aromatic nitrogens is 3. The lowest BCUT2D eigenvalue weighted by molar-refractivity contribution is -0.137. The van der Waals surface area contributed by atoms with Crippen LogP contribution in [0.1, 0.15) is 30.0 Å². The van der Waals surface area contributed by atoms with Gasteiger partial charge in [-0.2, -0.15) is 13.2 Å². The second kappa shape index (κ2) is 7.28. The van der Waals surface area contributed by atoms with E-state index in [0.717, 1.165) is 36.2 Å². The van der Waals surface area contributed by atoms with E-state index in [9.17, 15) is 23.1 Å². The maximum atomic E-state index is 13.2. The van der Waals surface area contributed by atoms with Crippen LogP contribution in [0.5, 0.6) is 5.75 Å². The zero-order valence-corrected chi connectivity index (χ0v) is 17.7. The Labute approximate surface area is 189 Å². The highest BCUT2D eigenvalue weighted by molar-refractivity contribution is 6.42. The summed E-state index contributed by atoms with van der Waals surface area (Å²) < 4.78 is 40.0. The van der Waals surface area contributed by atoms with Crippen molar-refractivity contribution in [2.45, 2.75) is 24.9 Å². The first-order valence-corrected chi connectivity index (χ1v) is 10.4. The molecular formula is C22H14Cl2F3N3O2. The third-order valence-corrected chi connectivity index (χ3v) is 6.23. The van der Waals surface area contributed by atoms with Crippen LogP contribution in [0, 0.1) is 0 Å². The predicted octanol–water partition coefficient (Wildman–Crippen LogP) is 6.27. The highest BCUT2D eigenvalue weighted by Gasteiger charge is 2.33. The molecule has 32 heavy (non-hydrogen) atoms. The van der Waals surface area contributed by atoms with E-state index in [-0.39, 0.29) is 17.0 Å². The van der Waals surface area contributed by atoms with E-state index in [1.54, 1.807) is 18.2 Å². The third kappa shape index (κ3) is 3.43. The van der Waals surface area contributed by atoms with Crippen molar-refractivity contribution >= 4 is 28.8 Å². The van der Waals surface area contributed by atoms with Crippen molar-refractivity contribution in [2.24, 2.45) is 0 Å². The van der Waals surface area contributed by atoms with Crippen LogP contribution in [0.3, 0.4) is 0 Å². The van der Waals surface area contributed by atoms with E-state index in [1.807, 2.05) is 0 Å². The monoisotopic (exact) mass is 479 g/mol. The first-order valence-electron chi connectivity index (χ1n) is 9.65. The van der Waals surface area contributed by atoms with Gasteiger partial charge in [-0.1, -0.05) is 29.3 Å². The lowest BCUT2D eigenvalue weighted by atomic mass is 10.0. The molecule has 0 radical (unpaired) electrons. The van der Waals surface area contributed by atoms with Crippen LogP contribution in [0.25, 0.3) is 27.9 Å². The number of halogens is 5. The molecule has 0 amide bonds. The van der Waals surface area contributed by atoms with Gasteiger partial charge < -0.3 is 5.11 Å². The number of nitrogens with one attached hydrogen (secondary N) is 1. The highest BCUT2D eigenvalue weighted by Crippen LogP contribution is 2.45. The zero-order chi connectivity index (χ0) is 22.8. The van der Waals surface area contributed by atoms with Gasteiger partial charge in [0, 0.05) is 28.9 Å². The number of rotatable bonds is 3. The number of aromatic hydroxyl groups is 1. The molecule has 5 rings (SSSR count). The van der Waals surface area contributed by atoms with Crippen molar-refractivity contribution in [3.8, 4) is 28.0 Å². The minimum absolute atomic E-state index is 0.0296. The Morgan fingerprint density at radius 3 is 2.44 bits per heavy atom. The van der Waals surface area contributed by atoms with Crippen LogP contribution < -0.4 is 5.56 Å². The van der Waals surface area contributed by atoms with Crippen LogP contribution >= 0.6 is 23.2 Å². The van der Waals surface area contributed by atoms with Crippen LogP contribution in [0.2, 0.25) is 10.0 Å². The largest absolute Gasteiger partial charge is 0.507 e. The molecule has 0 aliphatic heterocycles. The fraction of sp³-hybridized carbons (Fsp3) is 0.182. The minimum atomic E-state index is -4.61. The van der Waals surface area contributed by atoms with Gasteiger partial charge in [-0.25, -0.2) is 9.50 Å². The molecule has 10 heteroatoms. The van der Waals surface area contributed by atoms with Crippen molar-refractivity contribution in [1.82, 2.24) is 14.6 Å². The van der Waals surface area contributed by atoms with Crippen molar-refractivity contribution in [2.75, 3.05) is 0 Å². The van der Waals surface area contributed by atoms with Gasteiger partial charge in [0.05, 0.1) is 21.2 Å². The van der Waals surface area contributed by atoms with Gasteiger partial charge in [-0.15, -0.1) is 0 Å². The first kappa shape index (κ1) is 20.9. The summed E-state index contributed by atoms with van der Waals surface area (Å²) in [6.07, 6.45) is -1.46. The zero-order valence-electron chi connectivity index (χ0n) is 16.2. The summed E-state index contributed by atoms with van der Waals surface area (Å²) in [4.78, 5) is 17.6. The number of aromatic amines is 1. The topological polar surface area (TPSA) is 70.4 Å². The molecule has 0 unspecified atom stereocenters. The molecule has 0 spiro atoms. The van der Waals surface area contributed by atoms with Gasteiger partial charge >= 0.3 is 6.18 Å². The smallest absolute Gasteiger partial charge is 0.416 e. The SMILES string of the molecule is O=c1c(-c2ccc(C(F)(F)F)cc2O)cnc2c(-c3ccc(Cl)c(Cl)c3)c(C3CC3)[nH]n12. The van der Waals surface area contributed by atoms with Gasteiger partial charge in [-0.05, 0) is 48.7 Å². The Morgan fingerprint density at radius 1 is 1.06 bits per heavy atom. The molecule has 1 aliphatic carbocycles. The summed E-state index contributed by atoms with van der Waals surface area (Å²) in [5.41, 5.74) is 1.00. The number of fused-ring (bicyclic) bond motifs is 1. The van der Waals surface area contributed by atoms with Crippen LogP contribution in [0.4, 0.5) is 13.2 Å². The van der Waals surface area contributed by atoms with Crippen LogP contribution in [-0.2, 0) is 6.18 Å². The second-order valence-corrected chi connectivity index (χ2v) is 8.48. The van der Waals surface area contributed by atoms with Crippen molar-refractivity contribution < 1.29 is 18.3 Å². The number of hydrogen-bond acceptors (Lipinski definition) is 3. The van der Waals surface area contributed by atoms with Gasteiger partial charge in [0.1, 0.15) is 5.75 Å². The highest BCUT2D eigenvalue weighted by atomic mass is 35.5. The number of phenols is 1. The maximum Gasteiger partial charge on any atom is 0.416 e. The van der Waals surface area contributed by atoms with E-state index in [0.29, 0.717) is 27.3 Å². The standard InChI is InChI=1S/C22H14Cl2F3N3O2/c23-15-6-3-11(7-16(15)24)18-19(10-1-2-10)29-30-20(18)28-9-14(21(30)32)13-5-4-12(8-17(13)31)22(25,26)27/h3-10,29,31H,1-2H2. The Kier molecular flexibility index (Phi) is 4.76. The van der Waals surface area contributed by atoms with Gasteiger partial charge in [0.2, 0.25) is 0 Å². The van der Waals surface area contributed by atoms with Crippen LogP contribution in [-0.4, -0.2) is 19.7 Å². The molecule has 0 atom stereocenters. The quantitative estimate of drug-likeness (QED) is 0.364. The molecule has 2 heterocycles. The lowest BCUT2D eigenvalue weighted by Crippen LogP contribution is -2.17. The first-order chi connectivity index (χ1) is 15.1. The van der Waals surface area contributed by atoms with Crippen molar-refractivity contribution in [1.29, 1.82) is 0 Å². The van der Waals surface area contributed by atoms with Gasteiger partial charge in [0.25, 0.3) is 5.56 Å².